The fourth-order valence-corrected chi connectivity index (χ4v) is 3.44. The van der Waals surface area contributed by atoms with Crippen LogP contribution in [0.2, 0.25) is 4.34 Å². The van der Waals surface area contributed by atoms with Gasteiger partial charge in [-0.2, -0.15) is 0 Å². The number of hydrogen-bond donors (Lipinski definition) is 2. The predicted molar refractivity (Wildman–Crippen MR) is 78.3 cm³/mol. The molecule has 1 heterocycles. The van der Waals surface area contributed by atoms with E-state index >= 15 is 0 Å². The van der Waals surface area contributed by atoms with Crippen molar-refractivity contribution in [3.8, 4) is 0 Å². The van der Waals surface area contributed by atoms with Crippen molar-refractivity contribution in [1.29, 1.82) is 0 Å². The van der Waals surface area contributed by atoms with Crippen molar-refractivity contribution in [2.75, 3.05) is 6.54 Å². The molecule has 2 atom stereocenters. The summed E-state index contributed by atoms with van der Waals surface area (Å²) in [6.07, 6.45) is 3.17. The number of carbonyl (C=O) groups excluding carboxylic acids is 1. The monoisotopic (exact) mass is 308 g/mol. The maximum Gasteiger partial charge on any atom is 0.223 e. The molecule has 1 aliphatic rings. The van der Waals surface area contributed by atoms with Gasteiger partial charge in [0.2, 0.25) is 5.91 Å². The second kappa shape index (κ2) is 7.34. The van der Waals surface area contributed by atoms with E-state index in [2.05, 4.69) is 5.32 Å². The third kappa shape index (κ3) is 3.85. The number of nitrogens with one attached hydrogen (secondary N) is 1. The Labute approximate surface area is 122 Å². The molecule has 3 N–H and O–H groups in total. The van der Waals surface area contributed by atoms with E-state index in [1.54, 1.807) is 0 Å². The quantitative estimate of drug-likeness (QED) is 0.898. The van der Waals surface area contributed by atoms with E-state index in [-0.39, 0.29) is 24.2 Å². The summed E-state index contributed by atoms with van der Waals surface area (Å²) < 4.78 is 0.759. The highest BCUT2D eigenvalue weighted by Crippen LogP contribution is 2.31. The average Bonchev–Trinajstić information content (AvgIpc) is 2.94. The van der Waals surface area contributed by atoms with Gasteiger partial charge in [0.15, 0.2) is 0 Å². The first-order valence-electron chi connectivity index (χ1n) is 5.92. The average molecular weight is 309 g/mol. The number of thiophene rings is 1. The van der Waals surface area contributed by atoms with Crippen LogP contribution in [-0.4, -0.2) is 12.5 Å². The van der Waals surface area contributed by atoms with E-state index in [0.717, 1.165) is 28.5 Å². The molecule has 1 fully saturated rings. The minimum absolute atomic E-state index is 0. The molecule has 1 saturated carbocycles. The Bertz CT molecular complexity index is 397. The number of rotatable bonds is 4. The summed E-state index contributed by atoms with van der Waals surface area (Å²) in [5, 5.41) is 2.98. The van der Waals surface area contributed by atoms with Crippen LogP contribution >= 0.6 is 35.3 Å². The molecule has 0 spiro atoms. The van der Waals surface area contributed by atoms with Gasteiger partial charge in [0.25, 0.3) is 0 Å². The van der Waals surface area contributed by atoms with Crippen molar-refractivity contribution in [3.05, 3.63) is 21.3 Å². The summed E-state index contributed by atoms with van der Waals surface area (Å²) in [6.45, 7) is 1.19. The van der Waals surface area contributed by atoms with Crippen molar-refractivity contribution in [2.24, 2.45) is 17.6 Å². The number of carbonyl (C=O) groups is 1. The molecule has 2 rings (SSSR count). The third-order valence-corrected chi connectivity index (χ3v) is 4.60. The molecule has 18 heavy (non-hydrogen) atoms. The summed E-state index contributed by atoms with van der Waals surface area (Å²) in [6, 6.07) is 3.80. The van der Waals surface area contributed by atoms with Crippen LogP contribution in [0.25, 0.3) is 0 Å². The van der Waals surface area contributed by atoms with Crippen LogP contribution in [0, 0.1) is 11.8 Å². The van der Waals surface area contributed by atoms with Gasteiger partial charge in [0, 0.05) is 10.8 Å². The first-order valence-corrected chi connectivity index (χ1v) is 7.12. The maximum absolute atomic E-state index is 12.0. The molecule has 1 aromatic heterocycles. The summed E-state index contributed by atoms with van der Waals surface area (Å²) in [4.78, 5) is 13.1. The fraction of sp³-hybridized carbons (Fsp3) is 0.583. The van der Waals surface area contributed by atoms with Crippen LogP contribution < -0.4 is 11.1 Å². The lowest BCUT2D eigenvalue weighted by molar-refractivity contribution is -0.126. The number of halogens is 2. The highest BCUT2D eigenvalue weighted by atomic mass is 35.5. The van der Waals surface area contributed by atoms with E-state index in [1.165, 1.54) is 11.3 Å². The van der Waals surface area contributed by atoms with Crippen LogP contribution in [0.4, 0.5) is 0 Å². The van der Waals surface area contributed by atoms with Gasteiger partial charge in [-0.05, 0) is 37.4 Å². The SMILES string of the molecule is Cl.NC[C@H]1CCC[C@H]1C(=O)NCc1ccc(Cl)s1. The van der Waals surface area contributed by atoms with Crippen LogP contribution in [0.3, 0.4) is 0 Å². The number of nitrogens with two attached hydrogens (primary N) is 1. The van der Waals surface area contributed by atoms with Crippen LogP contribution in [-0.2, 0) is 11.3 Å². The van der Waals surface area contributed by atoms with Gasteiger partial charge in [0.1, 0.15) is 0 Å². The van der Waals surface area contributed by atoms with Crippen LogP contribution in [0.1, 0.15) is 24.1 Å². The summed E-state index contributed by atoms with van der Waals surface area (Å²) in [5.74, 6) is 0.611. The van der Waals surface area contributed by atoms with E-state index in [0.29, 0.717) is 19.0 Å². The zero-order chi connectivity index (χ0) is 12.3. The van der Waals surface area contributed by atoms with Gasteiger partial charge < -0.3 is 11.1 Å². The van der Waals surface area contributed by atoms with Crippen molar-refractivity contribution in [3.63, 3.8) is 0 Å². The lowest BCUT2D eigenvalue weighted by Gasteiger charge is -2.16. The molecule has 102 valence electrons. The van der Waals surface area contributed by atoms with Crippen LogP contribution in [0.15, 0.2) is 12.1 Å². The highest BCUT2D eigenvalue weighted by Gasteiger charge is 2.31. The molecule has 0 saturated heterocycles. The lowest BCUT2D eigenvalue weighted by Crippen LogP contribution is -2.34. The highest BCUT2D eigenvalue weighted by molar-refractivity contribution is 7.16. The third-order valence-electron chi connectivity index (χ3n) is 3.36. The first-order chi connectivity index (χ1) is 8.20. The molecule has 0 aromatic carbocycles. The lowest BCUT2D eigenvalue weighted by atomic mass is 9.95. The van der Waals surface area contributed by atoms with Crippen molar-refractivity contribution in [1.82, 2.24) is 5.32 Å². The Morgan fingerprint density at radius 3 is 2.89 bits per heavy atom. The topological polar surface area (TPSA) is 55.1 Å². The zero-order valence-electron chi connectivity index (χ0n) is 10.0. The summed E-state index contributed by atoms with van der Waals surface area (Å²) >= 11 is 7.34. The molecule has 6 heteroatoms. The van der Waals surface area contributed by atoms with E-state index < -0.39 is 0 Å². The maximum atomic E-state index is 12.0. The second-order valence-corrected chi connectivity index (χ2v) is 6.26. The number of hydrogen-bond acceptors (Lipinski definition) is 3. The fourth-order valence-electron chi connectivity index (χ4n) is 2.42. The predicted octanol–water partition coefficient (Wildman–Crippen LogP) is 2.81. The molecule has 0 bridgehead atoms. The van der Waals surface area contributed by atoms with Gasteiger partial charge in [-0.15, -0.1) is 23.7 Å². The minimum atomic E-state index is 0. The zero-order valence-corrected chi connectivity index (χ0v) is 12.4. The molecule has 0 radical (unpaired) electrons. The Kier molecular flexibility index (Phi) is 6.43. The summed E-state index contributed by atoms with van der Waals surface area (Å²) in [7, 11) is 0. The molecule has 1 aromatic rings. The molecule has 0 unspecified atom stereocenters. The van der Waals surface area contributed by atoms with Gasteiger partial charge >= 0.3 is 0 Å². The molecular weight excluding hydrogens is 291 g/mol. The van der Waals surface area contributed by atoms with Gasteiger partial charge in [-0.3, -0.25) is 4.79 Å². The van der Waals surface area contributed by atoms with Crippen molar-refractivity contribution in [2.45, 2.75) is 25.8 Å². The smallest absolute Gasteiger partial charge is 0.223 e. The van der Waals surface area contributed by atoms with Crippen LogP contribution in [0.5, 0.6) is 0 Å². The van der Waals surface area contributed by atoms with Crippen molar-refractivity contribution < 1.29 is 4.79 Å². The number of amides is 1. The Morgan fingerprint density at radius 2 is 2.28 bits per heavy atom. The normalized spacial score (nSPS) is 22.6. The first kappa shape index (κ1) is 15.8. The molecule has 3 nitrogen and oxygen atoms in total. The standard InChI is InChI=1S/C12H17ClN2OS.ClH/c13-11-5-4-9(17-11)7-15-12(16)10-3-1-2-8(10)6-14;/h4-5,8,10H,1-3,6-7,14H2,(H,15,16);1H/t8-,10-;/m1./s1. The Balaban J connectivity index is 0.00000162. The van der Waals surface area contributed by atoms with Gasteiger partial charge in [-0.25, -0.2) is 0 Å². The molecule has 1 aliphatic carbocycles. The van der Waals surface area contributed by atoms with E-state index in [9.17, 15) is 4.79 Å². The molecular formula is C12H18Cl2N2OS. The van der Waals surface area contributed by atoms with Gasteiger partial charge in [-0.1, -0.05) is 18.0 Å². The summed E-state index contributed by atoms with van der Waals surface area (Å²) in [5.41, 5.74) is 5.68. The van der Waals surface area contributed by atoms with E-state index in [4.69, 9.17) is 17.3 Å². The van der Waals surface area contributed by atoms with Gasteiger partial charge in [0.05, 0.1) is 10.9 Å². The Hall–Kier alpha value is -0.290. The minimum Gasteiger partial charge on any atom is -0.351 e. The Morgan fingerprint density at radius 1 is 1.50 bits per heavy atom. The molecule has 1 amide bonds. The van der Waals surface area contributed by atoms with E-state index in [1.807, 2.05) is 12.1 Å². The van der Waals surface area contributed by atoms with Crippen molar-refractivity contribution >= 4 is 41.3 Å². The second-order valence-electron chi connectivity index (χ2n) is 4.46. The largest absolute Gasteiger partial charge is 0.351 e. The molecule has 0 aliphatic heterocycles.